The SMILES string of the molecule is CC(CNC1CC1)NCCS(C)(=O)=O. The van der Waals surface area contributed by atoms with Gasteiger partial charge in [0.15, 0.2) is 0 Å². The lowest BCUT2D eigenvalue weighted by molar-refractivity contribution is 0.511. The normalized spacial score (nSPS) is 19.6. The standard InChI is InChI=1S/C9H20N2O2S/c1-8(7-11-9-3-4-9)10-5-6-14(2,12)13/h8-11H,3-7H2,1-2H3. The van der Waals surface area contributed by atoms with Crippen LogP contribution in [0.15, 0.2) is 0 Å². The van der Waals surface area contributed by atoms with Gasteiger partial charge < -0.3 is 10.6 Å². The van der Waals surface area contributed by atoms with Crippen LogP contribution in [0.3, 0.4) is 0 Å². The van der Waals surface area contributed by atoms with Gasteiger partial charge in [-0.2, -0.15) is 0 Å². The van der Waals surface area contributed by atoms with E-state index in [1.54, 1.807) is 0 Å². The van der Waals surface area contributed by atoms with Gasteiger partial charge in [0.25, 0.3) is 0 Å². The van der Waals surface area contributed by atoms with Crippen molar-refractivity contribution in [3.8, 4) is 0 Å². The summed E-state index contributed by atoms with van der Waals surface area (Å²) in [7, 11) is -2.82. The molecule has 0 aromatic heterocycles. The molecular weight excluding hydrogens is 200 g/mol. The molecule has 0 radical (unpaired) electrons. The molecule has 1 saturated carbocycles. The molecule has 0 heterocycles. The first-order valence-electron chi connectivity index (χ1n) is 5.12. The van der Waals surface area contributed by atoms with Gasteiger partial charge in [0.05, 0.1) is 5.75 Å². The Morgan fingerprint density at radius 1 is 1.43 bits per heavy atom. The lowest BCUT2D eigenvalue weighted by Crippen LogP contribution is -2.39. The quantitative estimate of drug-likeness (QED) is 0.622. The van der Waals surface area contributed by atoms with Crippen molar-refractivity contribution in [1.82, 2.24) is 10.6 Å². The highest BCUT2D eigenvalue weighted by atomic mass is 32.2. The molecule has 0 saturated heterocycles. The largest absolute Gasteiger partial charge is 0.312 e. The van der Waals surface area contributed by atoms with Gasteiger partial charge in [-0.25, -0.2) is 8.42 Å². The van der Waals surface area contributed by atoms with Crippen LogP contribution in [0.1, 0.15) is 19.8 Å². The minimum absolute atomic E-state index is 0.223. The van der Waals surface area contributed by atoms with Gasteiger partial charge in [0.1, 0.15) is 9.84 Å². The summed E-state index contributed by atoms with van der Waals surface area (Å²) in [5.74, 6) is 0.223. The summed E-state index contributed by atoms with van der Waals surface area (Å²) in [5.41, 5.74) is 0. The van der Waals surface area contributed by atoms with Gasteiger partial charge in [0, 0.05) is 31.4 Å². The Balaban J connectivity index is 1.99. The van der Waals surface area contributed by atoms with Crippen molar-refractivity contribution in [3.05, 3.63) is 0 Å². The maximum absolute atomic E-state index is 10.8. The Morgan fingerprint density at radius 3 is 2.57 bits per heavy atom. The van der Waals surface area contributed by atoms with Crippen molar-refractivity contribution in [2.24, 2.45) is 0 Å². The van der Waals surface area contributed by atoms with Crippen LogP contribution in [0.4, 0.5) is 0 Å². The Hall–Kier alpha value is -0.130. The fraction of sp³-hybridized carbons (Fsp3) is 1.00. The van der Waals surface area contributed by atoms with E-state index in [1.165, 1.54) is 19.1 Å². The zero-order valence-corrected chi connectivity index (χ0v) is 9.73. The maximum atomic E-state index is 10.8. The Kier molecular flexibility index (Phi) is 4.34. The molecule has 0 bridgehead atoms. The highest BCUT2D eigenvalue weighted by Crippen LogP contribution is 2.18. The molecule has 1 fully saturated rings. The second-order valence-corrected chi connectivity index (χ2v) is 6.43. The predicted molar refractivity (Wildman–Crippen MR) is 58.2 cm³/mol. The van der Waals surface area contributed by atoms with Crippen LogP contribution in [-0.4, -0.2) is 45.6 Å². The van der Waals surface area contributed by atoms with Crippen molar-refractivity contribution < 1.29 is 8.42 Å². The smallest absolute Gasteiger partial charge is 0.148 e. The molecule has 5 heteroatoms. The van der Waals surface area contributed by atoms with Gasteiger partial charge in [-0.3, -0.25) is 0 Å². The van der Waals surface area contributed by atoms with E-state index >= 15 is 0 Å². The van der Waals surface area contributed by atoms with Gasteiger partial charge >= 0.3 is 0 Å². The van der Waals surface area contributed by atoms with E-state index in [1.807, 2.05) is 0 Å². The molecule has 1 atom stereocenters. The summed E-state index contributed by atoms with van der Waals surface area (Å²) in [6.07, 6.45) is 3.84. The van der Waals surface area contributed by atoms with E-state index in [4.69, 9.17) is 0 Å². The summed E-state index contributed by atoms with van der Waals surface area (Å²) in [6.45, 7) is 3.54. The first-order chi connectivity index (χ1) is 6.47. The van der Waals surface area contributed by atoms with E-state index in [2.05, 4.69) is 17.6 Å². The average Bonchev–Trinajstić information content (AvgIpc) is 2.81. The van der Waals surface area contributed by atoms with E-state index in [0.717, 1.165) is 6.54 Å². The Bertz CT molecular complexity index is 260. The number of nitrogens with one attached hydrogen (secondary N) is 2. The van der Waals surface area contributed by atoms with Crippen molar-refractivity contribution >= 4 is 9.84 Å². The first kappa shape index (κ1) is 11.9. The highest BCUT2D eigenvalue weighted by molar-refractivity contribution is 7.90. The minimum atomic E-state index is -2.82. The van der Waals surface area contributed by atoms with E-state index in [0.29, 0.717) is 18.6 Å². The monoisotopic (exact) mass is 220 g/mol. The van der Waals surface area contributed by atoms with E-state index in [9.17, 15) is 8.42 Å². The number of rotatable bonds is 7. The molecule has 1 rings (SSSR count). The molecule has 0 aromatic rings. The average molecular weight is 220 g/mol. The lowest BCUT2D eigenvalue weighted by atomic mass is 10.3. The second-order valence-electron chi connectivity index (χ2n) is 4.17. The van der Waals surface area contributed by atoms with Gasteiger partial charge in [-0.15, -0.1) is 0 Å². The lowest BCUT2D eigenvalue weighted by Gasteiger charge is -2.13. The third-order valence-corrected chi connectivity index (χ3v) is 3.20. The maximum Gasteiger partial charge on any atom is 0.148 e. The molecule has 84 valence electrons. The Labute approximate surface area is 86.4 Å². The summed E-state index contributed by atoms with van der Waals surface area (Å²) in [6, 6.07) is 1.06. The number of hydrogen-bond acceptors (Lipinski definition) is 4. The van der Waals surface area contributed by atoms with E-state index in [-0.39, 0.29) is 5.75 Å². The van der Waals surface area contributed by atoms with Crippen LogP contribution in [0.25, 0.3) is 0 Å². The van der Waals surface area contributed by atoms with Crippen molar-refractivity contribution in [2.45, 2.75) is 31.8 Å². The predicted octanol–water partition coefficient (Wildman–Crippen LogP) is -0.239. The minimum Gasteiger partial charge on any atom is -0.312 e. The van der Waals surface area contributed by atoms with Crippen LogP contribution in [0.5, 0.6) is 0 Å². The van der Waals surface area contributed by atoms with Crippen LogP contribution < -0.4 is 10.6 Å². The molecule has 14 heavy (non-hydrogen) atoms. The number of sulfone groups is 1. The second kappa shape index (κ2) is 5.09. The van der Waals surface area contributed by atoms with Gasteiger partial charge in [0.2, 0.25) is 0 Å². The summed E-state index contributed by atoms with van der Waals surface area (Å²) in [4.78, 5) is 0. The fourth-order valence-electron chi connectivity index (χ4n) is 1.19. The Morgan fingerprint density at radius 2 is 2.07 bits per heavy atom. The molecule has 0 aliphatic heterocycles. The molecule has 1 aliphatic rings. The van der Waals surface area contributed by atoms with Crippen molar-refractivity contribution in [3.63, 3.8) is 0 Å². The topological polar surface area (TPSA) is 58.2 Å². The summed E-state index contributed by atoms with van der Waals surface area (Å²) < 4.78 is 21.7. The molecule has 4 nitrogen and oxygen atoms in total. The fourth-order valence-corrected chi connectivity index (χ4v) is 1.68. The van der Waals surface area contributed by atoms with Crippen LogP contribution >= 0.6 is 0 Å². The van der Waals surface area contributed by atoms with Crippen molar-refractivity contribution in [1.29, 1.82) is 0 Å². The van der Waals surface area contributed by atoms with Crippen molar-refractivity contribution in [2.75, 3.05) is 25.1 Å². The molecule has 0 spiro atoms. The molecule has 1 unspecified atom stereocenters. The first-order valence-corrected chi connectivity index (χ1v) is 7.18. The van der Waals surface area contributed by atoms with Gasteiger partial charge in [-0.05, 0) is 19.8 Å². The van der Waals surface area contributed by atoms with Crippen LogP contribution in [-0.2, 0) is 9.84 Å². The molecule has 0 amide bonds. The highest BCUT2D eigenvalue weighted by Gasteiger charge is 2.20. The van der Waals surface area contributed by atoms with Crippen LogP contribution in [0, 0.1) is 0 Å². The summed E-state index contributed by atoms with van der Waals surface area (Å²) in [5, 5.41) is 6.57. The molecule has 0 aromatic carbocycles. The van der Waals surface area contributed by atoms with Crippen LogP contribution in [0.2, 0.25) is 0 Å². The third-order valence-electron chi connectivity index (χ3n) is 2.26. The third kappa shape index (κ3) is 6.34. The number of hydrogen-bond donors (Lipinski definition) is 2. The summed E-state index contributed by atoms with van der Waals surface area (Å²) >= 11 is 0. The molecule has 2 N–H and O–H groups in total. The zero-order valence-electron chi connectivity index (χ0n) is 8.91. The molecule has 1 aliphatic carbocycles. The van der Waals surface area contributed by atoms with Gasteiger partial charge in [-0.1, -0.05) is 0 Å². The molecular formula is C9H20N2O2S. The van der Waals surface area contributed by atoms with E-state index < -0.39 is 9.84 Å². The zero-order chi connectivity index (χ0) is 10.6.